The van der Waals surface area contributed by atoms with E-state index in [0.29, 0.717) is 26.2 Å². The van der Waals surface area contributed by atoms with Crippen molar-refractivity contribution < 1.29 is 17.7 Å². The maximum Gasteiger partial charge on any atom is 0.228 e. The molecule has 0 aromatic carbocycles. The standard InChI is InChI=1S/C19H30N4O4S/c1-15-11-17(27-21-15)14-22(2)13-16-12-20-19(23(16)9-6-10-26-3)28(24,25)18-7-4-5-8-18/h11-12,18H,4-10,13-14H2,1-3H3. The summed E-state index contributed by atoms with van der Waals surface area (Å²) in [6, 6.07) is 1.91. The summed E-state index contributed by atoms with van der Waals surface area (Å²) in [5.74, 6) is 0.782. The molecular weight excluding hydrogens is 380 g/mol. The van der Waals surface area contributed by atoms with Crippen LogP contribution in [0.25, 0.3) is 0 Å². The van der Waals surface area contributed by atoms with Crippen molar-refractivity contribution >= 4 is 9.84 Å². The van der Waals surface area contributed by atoms with E-state index in [4.69, 9.17) is 9.26 Å². The zero-order valence-corrected chi connectivity index (χ0v) is 17.7. The van der Waals surface area contributed by atoms with Gasteiger partial charge in [-0.05, 0) is 33.2 Å². The molecule has 0 N–H and O–H groups in total. The molecule has 1 aliphatic carbocycles. The van der Waals surface area contributed by atoms with Crippen molar-refractivity contribution in [1.82, 2.24) is 19.6 Å². The number of methoxy groups -OCH3 is 1. The first-order valence-corrected chi connectivity index (χ1v) is 11.3. The smallest absolute Gasteiger partial charge is 0.228 e. The largest absolute Gasteiger partial charge is 0.385 e. The molecule has 9 heteroatoms. The van der Waals surface area contributed by atoms with Crippen molar-refractivity contribution in [3.63, 3.8) is 0 Å². The summed E-state index contributed by atoms with van der Waals surface area (Å²) >= 11 is 0. The fourth-order valence-electron chi connectivity index (χ4n) is 3.79. The molecule has 0 bridgehead atoms. The van der Waals surface area contributed by atoms with Gasteiger partial charge in [-0.15, -0.1) is 0 Å². The lowest BCUT2D eigenvalue weighted by Gasteiger charge is -2.18. The highest BCUT2D eigenvalue weighted by molar-refractivity contribution is 7.91. The first-order valence-electron chi connectivity index (χ1n) is 9.79. The van der Waals surface area contributed by atoms with Crippen LogP contribution in [0, 0.1) is 6.92 Å². The molecule has 0 amide bonds. The van der Waals surface area contributed by atoms with Gasteiger partial charge >= 0.3 is 0 Å². The molecule has 0 unspecified atom stereocenters. The second-order valence-corrected chi connectivity index (χ2v) is 9.71. The number of rotatable bonds is 10. The van der Waals surface area contributed by atoms with Crippen molar-refractivity contribution in [3.8, 4) is 0 Å². The van der Waals surface area contributed by atoms with Crippen LogP contribution in [0.4, 0.5) is 0 Å². The molecule has 0 spiro atoms. The maximum absolute atomic E-state index is 13.1. The van der Waals surface area contributed by atoms with Crippen LogP contribution in [-0.2, 0) is 34.2 Å². The Balaban J connectivity index is 1.80. The van der Waals surface area contributed by atoms with Gasteiger partial charge in [-0.25, -0.2) is 13.4 Å². The normalized spacial score (nSPS) is 15.7. The SMILES string of the molecule is COCCCn1c(CN(C)Cc2cc(C)no2)cnc1S(=O)(=O)C1CCCC1. The topological polar surface area (TPSA) is 90.5 Å². The summed E-state index contributed by atoms with van der Waals surface area (Å²) < 4.78 is 38.6. The average molecular weight is 411 g/mol. The van der Waals surface area contributed by atoms with Crippen LogP contribution < -0.4 is 0 Å². The van der Waals surface area contributed by atoms with Crippen LogP contribution >= 0.6 is 0 Å². The van der Waals surface area contributed by atoms with E-state index < -0.39 is 9.84 Å². The van der Waals surface area contributed by atoms with Crippen LogP contribution in [0.2, 0.25) is 0 Å². The molecule has 2 heterocycles. The van der Waals surface area contributed by atoms with E-state index in [1.807, 2.05) is 24.6 Å². The van der Waals surface area contributed by atoms with Gasteiger partial charge < -0.3 is 13.8 Å². The predicted octanol–water partition coefficient (Wildman–Crippen LogP) is 2.56. The van der Waals surface area contributed by atoms with Gasteiger partial charge in [0, 0.05) is 32.9 Å². The summed E-state index contributed by atoms with van der Waals surface area (Å²) in [5, 5.41) is 3.81. The first kappa shape index (κ1) is 21.0. The molecule has 1 fully saturated rings. The Kier molecular flexibility index (Phi) is 6.90. The van der Waals surface area contributed by atoms with Gasteiger partial charge in [0.25, 0.3) is 0 Å². The summed E-state index contributed by atoms with van der Waals surface area (Å²) in [7, 11) is 0.206. The molecular formula is C19H30N4O4S. The first-order chi connectivity index (χ1) is 13.4. The Morgan fingerprint density at radius 1 is 1.32 bits per heavy atom. The lowest BCUT2D eigenvalue weighted by atomic mass is 10.3. The zero-order chi connectivity index (χ0) is 20.1. The van der Waals surface area contributed by atoms with E-state index in [2.05, 4.69) is 15.0 Å². The van der Waals surface area contributed by atoms with Gasteiger partial charge in [-0.1, -0.05) is 18.0 Å². The van der Waals surface area contributed by atoms with Gasteiger partial charge in [-0.2, -0.15) is 0 Å². The Hall–Kier alpha value is -1.71. The number of sulfone groups is 1. The van der Waals surface area contributed by atoms with Crippen LogP contribution in [0.15, 0.2) is 21.9 Å². The van der Waals surface area contributed by atoms with Gasteiger partial charge in [0.2, 0.25) is 15.0 Å². The Morgan fingerprint density at radius 2 is 2.07 bits per heavy atom. The number of aromatic nitrogens is 3. The molecule has 0 atom stereocenters. The van der Waals surface area contributed by atoms with E-state index in [-0.39, 0.29) is 10.4 Å². The average Bonchev–Trinajstić information content (AvgIpc) is 3.37. The lowest BCUT2D eigenvalue weighted by Crippen LogP contribution is -2.24. The minimum absolute atomic E-state index is 0.203. The number of hydrogen-bond acceptors (Lipinski definition) is 7. The zero-order valence-electron chi connectivity index (χ0n) is 16.9. The van der Waals surface area contributed by atoms with Crippen molar-refractivity contribution in [2.24, 2.45) is 0 Å². The molecule has 1 aliphatic rings. The van der Waals surface area contributed by atoms with Gasteiger partial charge in [0.1, 0.15) is 0 Å². The van der Waals surface area contributed by atoms with Crippen LogP contribution in [0.1, 0.15) is 49.3 Å². The second-order valence-electron chi connectivity index (χ2n) is 7.59. The number of nitrogens with zero attached hydrogens (tertiary/aromatic N) is 4. The Bertz CT molecular complexity index is 868. The highest BCUT2D eigenvalue weighted by Crippen LogP contribution is 2.30. The highest BCUT2D eigenvalue weighted by atomic mass is 32.2. The lowest BCUT2D eigenvalue weighted by molar-refractivity contribution is 0.188. The highest BCUT2D eigenvalue weighted by Gasteiger charge is 2.34. The molecule has 156 valence electrons. The third kappa shape index (κ3) is 4.82. The van der Waals surface area contributed by atoms with Crippen LogP contribution in [0.5, 0.6) is 0 Å². The third-order valence-electron chi connectivity index (χ3n) is 5.16. The van der Waals surface area contributed by atoms with Gasteiger partial charge in [0.05, 0.1) is 29.4 Å². The summed E-state index contributed by atoms with van der Waals surface area (Å²) in [6.45, 7) is 4.19. The van der Waals surface area contributed by atoms with Crippen molar-refractivity contribution in [2.75, 3.05) is 20.8 Å². The number of aryl methyl sites for hydroxylation is 1. The molecule has 0 saturated heterocycles. The molecule has 28 heavy (non-hydrogen) atoms. The van der Waals surface area contributed by atoms with Crippen molar-refractivity contribution in [3.05, 3.63) is 29.4 Å². The quantitative estimate of drug-likeness (QED) is 0.556. The van der Waals surface area contributed by atoms with E-state index >= 15 is 0 Å². The summed E-state index contributed by atoms with van der Waals surface area (Å²) in [4.78, 5) is 6.41. The number of ether oxygens (including phenoxy) is 1. The molecule has 0 aliphatic heterocycles. The second kappa shape index (κ2) is 9.19. The van der Waals surface area contributed by atoms with E-state index in [0.717, 1.165) is 49.3 Å². The molecule has 2 aromatic rings. The molecule has 8 nitrogen and oxygen atoms in total. The fraction of sp³-hybridized carbons (Fsp3) is 0.684. The van der Waals surface area contributed by atoms with E-state index in [1.54, 1.807) is 13.3 Å². The van der Waals surface area contributed by atoms with Crippen LogP contribution in [0.3, 0.4) is 0 Å². The minimum Gasteiger partial charge on any atom is -0.385 e. The Labute approximate surface area is 166 Å². The summed E-state index contributed by atoms with van der Waals surface area (Å²) in [5.41, 5.74) is 1.73. The van der Waals surface area contributed by atoms with Crippen LogP contribution in [-0.4, -0.2) is 54.0 Å². The summed E-state index contributed by atoms with van der Waals surface area (Å²) in [6.07, 6.45) is 5.83. The molecule has 2 aromatic heterocycles. The van der Waals surface area contributed by atoms with Gasteiger partial charge in [0.15, 0.2) is 5.76 Å². The van der Waals surface area contributed by atoms with E-state index in [1.165, 1.54) is 0 Å². The predicted molar refractivity (Wildman–Crippen MR) is 105 cm³/mol. The number of imidazole rings is 1. The van der Waals surface area contributed by atoms with E-state index in [9.17, 15) is 8.42 Å². The molecule has 1 saturated carbocycles. The minimum atomic E-state index is -3.41. The fourth-order valence-corrected chi connectivity index (χ4v) is 5.76. The monoisotopic (exact) mass is 410 g/mol. The van der Waals surface area contributed by atoms with Gasteiger partial charge in [-0.3, -0.25) is 4.90 Å². The molecule has 3 rings (SSSR count). The maximum atomic E-state index is 13.1. The third-order valence-corrected chi connectivity index (χ3v) is 7.35. The van der Waals surface area contributed by atoms with Crippen molar-refractivity contribution in [1.29, 1.82) is 0 Å². The van der Waals surface area contributed by atoms with Crippen molar-refractivity contribution in [2.45, 2.75) is 69.1 Å². The Morgan fingerprint density at radius 3 is 2.71 bits per heavy atom. The number of hydrogen-bond donors (Lipinski definition) is 0. The molecule has 0 radical (unpaired) electrons.